The second kappa shape index (κ2) is 5.14. The first-order chi connectivity index (χ1) is 8.90. The van der Waals surface area contributed by atoms with Crippen LogP contribution in [0.15, 0.2) is 41.6 Å². The van der Waals surface area contributed by atoms with Crippen LogP contribution in [0.3, 0.4) is 0 Å². The minimum absolute atomic E-state index is 0.00344. The van der Waals surface area contributed by atoms with Crippen LogP contribution in [-0.4, -0.2) is 13.4 Å². The highest BCUT2D eigenvalue weighted by molar-refractivity contribution is 7.90. The molecule has 0 aliphatic carbocycles. The lowest BCUT2D eigenvalue weighted by Crippen LogP contribution is -2.09. The van der Waals surface area contributed by atoms with Gasteiger partial charge in [0.15, 0.2) is 9.84 Å². The van der Waals surface area contributed by atoms with E-state index in [-0.39, 0.29) is 21.2 Å². The highest BCUT2D eigenvalue weighted by atomic mass is 35.5. The molecule has 1 heterocycles. The first-order valence-electron chi connectivity index (χ1n) is 5.26. The first-order valence-corrected chi connectivity index (χ1v) is 7.29. The van der Waals surface area contributed by atoms with Gasteiger partial charge in [0.1, 0.15) is 5.82 Å². The molecule has 1 aromatic heterocycles. The van der Waals surface area contributed by atoms with Crippen molar-refractivity contribution in [3.8, 4) is 0 Å². The Morgan fingerprint density at radius 2 is 2.05 bits per heavy atom. The van der Waals surface area contributed by atoms with Crippen molar-refractivity contribution in [2.24, 2.45) is 0 Å². The zero-order chi connectivity index (χ0) is 14.0. The number of pyridine rings is 1. The molecule has 2 N–H and O–H groups in total. The predicted molar refractivity (Wildman–Crippen MR) is 70.9 cm³/mol. The van der Waals surface area contributed by atoms with E-state index in [0.717, 1.165) is 6.07 Å². The van der Waals surface area contributed by atoms with Crippen LogP contribution in [0.4, 0.5) is 10.1 Å². The quantitative estimate of drug-likeness (QED) is 0.945. The Bertz CT molecular complexity index is 719. The van der Waals surface area contributed by atoms with Crippen molar-refractivity contribution in [2.45, 2.75) is 10.6 Å². The van der Waals surface area contributed by atoms with E-state index in [9.17, 15) is 12.8 Å². The van der Waals surface area contributed by atoms with Crippen LogP contribution in [0.25, 0.3) is 0 Å². The van der Waals surface area contributed by atoms with Gasteiger partial charge < -0.3 is 5.73 Å². The molecule has 0 fully saturated rings. The van der Waals surface area contributed by atoms with E-state index in [1.54, 1.807) is 0 Å². The van der Waals surface area contributed by atoms with E-state index < -0.39 is 21.4 Å². The number of hydrogen-bond acceptors (Lipinski definition) is 4. The number of nitrogen functional groups attached to an aromatic ring is 1. The Hall–Kier alpha value is -1.66. The number of sulfone groups is 1. The number of hydrogen-bond donors (Lipinski definition) is 1. The summed E-state index contributed by atoms with van der Waals surface area (Å²) in [4.78, 5) is 3.64. The van der Waals surface area contributed by atoms with Crippen molar-refractivity contribution < 1.29 is 12.8 Å². The Morgan fingerprint density at radius 3 is 2.74 bits per heavy atom. The average molecular weight is 301 g/mol. The number of rotatable bonds is 3. The summed E-state index contributed by atoms with van der Waals surface area (Å²) in [7, 11) is -3.75. The van der Waals surface area contributed by atoms with Crippen molar-refractivity contribution in [1.82, 2.24) is 4.98 Å². The van der Waals surface area contributed by atoms with Gasteiger partial charge in [-0.05, 0) is 24.3 Å². The number of aromatic nitrogens is 1. The second-order valence-electron chi connectivity index (χ2n) is 3.91. The van der Waals surface area contributed by atoms with Crippen molar-refractivity contribution in [2.75, 3.05) is 5.73 Å². The summed E-state index contributed by atoms with van der Waals surface area (Å²) >= 11 is 5.73. The molecule has 0 aliphatic heterocycles. The standard InChI is InChI=1S/C12H10ClFN2O2S/c13-9-1-2-10(14)8(5-9)7-19(17,18)12-3-4-16-6-11(12)15/h1-6H,7,15H2. The van der Waals surface area contributed by atoms with Crippen molar-refractivity contribution in [3.63, 3.8) is 0 Å². The molecule has 0 saturated carbocycles. The fourth-order valence-corrected chi connectivity index (χ4v) is 3.27. The SMILES string of the molecule is Nc1cnccc1S(=O)(=O)Cc1cc(Cl)ccc1F. The average Bonchev–Trinajstić information content (AvgIpc) is 2.34. The summed E-state index contributed by atoms with van der Waals surface area (Å²) < 4.78 is 37.9. The van der Waals surface area contributed by atoms with E-state index in [0.29, 0.717) is 0 Å². The Kier molecular flexibility index (Phi) is 3.73. The van der Waals surface area contributed by atoms with E-state index in [2.05, 4.69) is 4.98 Å². The maximum atomic E-state index is 13.5. The van der Waals surface area contributed by atoms with Crippen molar-refractivity contribution in [3.05, 3.63) is 53.1 Å². The van der Waals surface area contributed by atoms with Gasteiger partial charge in [-0.1, -0.05) is 11.6 Å². The minimum atomic E-state index is -3.75. The fraction of sp³-hybridized carbons (Fsp3) is 0.0833. The van der Waals surface area contributed by atoms with E-state index in [1.165, 1.54) is 30.6 Å². The summed E-state index contributed by atoms with van der Waals surface area (Å²) in [5.41, 5.74) is 5.60. The molecule has 0 unspecified atom stereocenters. The Labute approximate surface area is 115 Å². The number of anilines is 1. The van der Waals surface area contributed by atoms with Gasteiger partial charge in [0, 0.05) is 16.8 Å². The lowest BCUT2D eigenvalue weighted by molar-refractivity contribution is 0.587. The van der Waals surface area contributed by atoms with Gasteiger partial charge in [-0.2, -0.15) is 0 Å². The highest BCUT2D eigenvalue weighted by Gasteiger charge is 2.20. The summed E-state index contributed by atoms with van der Waals surface area (Å²) in [6.45, 7) is 0. The minimum Gasteiger partial charge on any atom is -0.396 e. The number of halogens is 2. The van der Waals surface area contributed by atoms with Gasteiger partial charge in [-0.25, -0.2) is 12.8 Å². The first kappa shape index (κ1) is 13.8. The summed E-state index contributed by atoms with van der Waals surface area (Å²) in [6.07, 6.45) is 2.55. The molecule has 0 aliphatic rings. The predicted octanol–water partition coefficient (Wildman–Crippen LogP) is 2.43. The van der Waals surface area contributed by atoms with Gasteiger partial charge in [-0.3, -0.25) is 4.98 Å². The molecule has 0 bridgehead atoms. The van der Waals surface area contributed by atoms with Crippen LogP contribution in [-0.2, 0) is 15.6 Å². The van der Waals surface area contributed by atoms with Crippen LogP contribution < -0.4 is 5.73 Å². The van der Waals surface area contributed by atoms with Gasteiger partial charge in [-0.15, -0.1) is 0 Å². The van der Waals surface area contributed by atoms with Crippen LogP contribution in [0.5, 0.6) is 0 Å². The third-order valence-corrected chi connectivity index (χ3v) is 4.47. The summed E-state index contributed by atoms with van der Waals surface area (Å²) in [6, 6.07) is 5.05. The largest absolute Gasteiger partial charge is 0.396 e. The molecule has 0 saturated heterocycles. The zero-order valence-electron chi connectivity index (χ0n) is 9.68. The monoisotopic (exact) mass is 300 g/mol. The normalized spacial score (nSPS) is 11.5. The Morgan fingerprint density at radius 1 is 1.32 bits per heavy atom. The molecule has 0 atom stereocenters. The number of nitrogens with two attached hydrogens (primary N) is 1. The molecular weight excluding hydrogens is 291 g/mol. The summed E-state index contributed by atoms with van der Waals surface area (Å²) in [5, 5.41) is 0.273. The highest BCUT2D eigenvalue weighted by Crippen LogP contribution is 2.24. The van der Waals surface area contributed by atoms with Crippen LogP contribution >= 0.6 is 11.6 Å². The van der Waals surface area contributed by atoms with Crippen molar-refractivity contribution in [1.29, 1.82) is 0 Å². The lowest BCUT2D eigenvalue weighted by atomic mass is 10.2. The molecule has 0 spiro atoms. The molecule has 1 aromatic carbocycles. The molecule has 19 heavy (non-hydrogen) atoms. The molecule has 7 heteroatoms. The molecule has 4 nitrogen and oxygen atoms in total. The van der Waals surface area contributed by atoms with Gasteiger partial charge >= 0.3 is 0 Å². The van der Waals surface area contributed by atoms with Gasteiger partial charge in [0.25, 0.3) is 0 Å². The third kappa shape index (κ3) is 3.02. The van der Waals surface area contributed by atoms with Gasteiger partial charge in [0.05, 0.1) is 22.5 Å². The third-order valence-electron chi connectivity index (χ3n) is 2.50. The smallest absolute Gasteiger partial charge is 0.184 e. The van der Waals surface area contributed by atoms with Crippen LogP contribution in [0.1, 0.15) is 5.56 Å². The Balaban J connectivity index is 2.43. The molecule has 0 amide bonds. The topological polar surface area (TPSA) is 73.0 Å². The zero-order valence-corrected chi connectivity index (χ0v) is 11.2. The number of nitrogens with zero attached hydrogens (tertiary/aromatic N) is 1. The van der Waals surface area contributed by atoms with Crippen LogP contribution in [0, 0.1) is 5.82 Å². The maximum absolute atomic E-state index is 13.5. The van der Waals surface area contributed by atoms with Crippen molar-refractivity contribution >= 4 is 27.1 Å². The molecule has 2 rings (SSSR count). The van der Waals surface area contributed by atoms with Gasteiger partial charge in [0.2, 0.25) is 0 Å². The lowest BCUT2D eigenvalue weighted by Gasteiger charge is -2.08. The van der Waals surface area contributed by atoms with E-state index >= 15 is 0 Å². The maximum Gasteiger partial charge on any atom is 0.184 e. The molecule has 2 aromatic rings. The number of benzene rings is 1. The van der Waals surface area contributed by atoms with E-state index in [4.69, 9.17) is 17.3 Å². The second-order valence-corrected chi connectivity index (χ2v) is 6.30. The molecule has 100 valence electrons. The van der Waals surface area contributed by atoms with E-state index in [1.807, 2.05) is 0 Å². The molecule has 0 radical (unpaired) electrons. The molecular formula is C12H10ClFN2O2S. The fourth-order valence-electron chi connectivity index (χ4n) is 1.61. The summed E-state index contributed by atoms with van der Waals surface area (Å²) in [5.74, 6) is -1.13. The van der Waals surface area contributed by atoms with Crippen LogP contribution in [0.2, 0.25) is 5.02 Å².